The van der Waals surface area contributed by atoms with E-state index in [9.17, 15) is 22.0 Å². The van der Waals surface area contributed by atoms with Crippen molar-refractivity contribution < 1.29 is 22.0 Å². The summed E-state index contributed by atoms with van der Waals surface area (Å²) >= 11 is 0. The molecule has 1 spiro atoms. The Kier molecular flexibility index (Phi) is 5.41. The minimum absolute atomic E-state index is 0.0897. The average molecular weight is 455 g/mol. The van der Waals surface area contributed by atoms with E-state index in [1.54, 1.807) is 6.07 Å². The summed E-state index contributed by atoms with van der Waals surface area (Å²) in [4.78, 5) is 15.8. The maximum absolute atomic E-state index is 13.2. The van der Waals surface area contributed by atoms with E-state index >= 15 is 0 Å². The first-order valence-corrected chi connectivity index (χ1v) is 10.0. The molecule has 7 nitrogen and oxygen atoms in total. The van der Waals surface area contributed by atoms with Crippen LogP contribution < -0.4 is 15.1 Å². The van der Waals surface area contributed by atoms with Crippen molar-refractivity contribution in [2.45, 2.75) is 25.4 Å². The van der Waals surface area contributed by atoms with Gasteiger partial charge in [0.2, 0.25) is 0 Å². The van der Waals surface area contributed by atoms with Gasteiger partial charge in [-0.2, -0.15) is 13.2 Å². The number of nitrogens with one attached hydrogen (secondary N) is 2. The van der Waals surface area contributed by atoms with Gasteiger partial charge in [0.05, 0.1) is 12.7 Å². The van der Waals surface area contributed by atoms with Crippen LogP contribution >= 0.6 is 0 Å². The van der Waals surface area contributed by atoms with Gasteiger partial charge in [0.1, 0.15) is 17.2 Å². The number of nitrogens with zero attached hydrogens (tertiary/aromatic N) is 5. The second-order valence-corrected chi connectivity index (χ2v) is 8.45. The Hall–Kier alpha value is -3.05. The lowest BCUT2D eigenvalue weighted by molar-refractivity contribution is -0.141. The molecule has 2 N–H and O–H groups in total. The summed E-state index contributed by atoms with van der Waals surface area (Å²) in [5.74, 6) is -2.31. The molecule has 2 fully saturated rings. The van der Waals surface area contributed by atoms with Gasteiger partial charge < -0.3 is 20.5 Å². The van der Waals surface area contributed by atoms with Crippen LogP contribution in [0.5, 0.6) is 0 Å². The molecule has 172 valence electrons. The number of aromatic nitrogens is 3. The highest BCUT2D eigenvalue weighted by Crippen LogP contribution is 2.43. The smallest absolute Gasteiger partial charge is 0.370 e. The van der Waals surface area contributed by atoms with E-state index in [2.05, 4.69) is 20.3 Å². The standard InChI is InChI=1S/C20H22F5N7/c1-18(21,22)9-29-17-14(7-26)28-8-16(30-17)31-5-3-19(10-31)11-32(12-19)13-2-4-27-15(6-13)20(23,24)25/h2,4,6-8,26H,3,5,9-12H2,1H3,(H,29,30). The van der Waals surface area contributed by atoms with E-state index in [0.717, 1.165) is 25.6 Å². The lowest BCUT2D eigenvalue weighted by Crippen LogP contribution is -2.57. The normalized spacial score (nSPS) is 18.1. The lowest BCUT2D eigenvalue weighted by atomic mass is 9.79. The van der Waals surface area contributed by atoms with Gasteiger partial charge in [-0.3, -0.25) is 4.98 Å². The zero-order valence-electron chi connectivity index (χ0n) is 17.3. The molecule has 0 amide bonds. The third kappa shape index (κ3) is 4.58. The Bertz CT molecular complexity index is 999. The Labute approximate surface area is 181 Å². The largest absolute Gasteiger partial charge is 0.433 e. The highest BCUT2D eigenvalue weighted by Gasteiger charge is 2.48. The molecule has 2 aliphatic heterocycles. The predicted molar refractivity (Wildman–Crippen MR) is 110 cm³/mol. The maximum Gasteiger partial charge on any atom is 0.433 e. The second kappa shape index (κ2) is 7.82. The highest BCUT2D eigenvalue weighted by molar-refractivity contribution is 5.81. The van der Waals surface area contributed by atoms with Gasteiger partial charge in [-0.05, 0) is 18.6 Å². The first-order chi connectivity index (χ1) is 15.0. The Balaban J connectivity index is 1.43. The van der Waals surface area contributed by atoms with E-state index in [0.29, 0.717) is 37.7 Å². The summed E-state index contributed by atoms with van der Waals surface area (Å²) in [6, 6.07) is 2.63. The molecule has 0 bridgehead atoms. The van der Waals surface area contributed by atoms with Crippen LogP contribution in [0.2, 0.25) is 0 Å². The van der Waals surface area contributed by atoms with Crippen molar-refractivity contribution in [3.63, 3.8) is 0 Å². The van der Waals surface area contributed by atoms with Crippen LogP contribution in [0.4, 0.5) is 39.3 Å². The molecular weight excluding hydrogens is 433 g/mol. The van der Waals surface area contributed by atoms with E-state index in [-0.39, 0.29) is 16.9 Å². The Morgan fingerprint density at radius 1 is 1.16 bits per heavy atom. The Morgan fingerprint density at radius 3 is 2.53 bits per heavy atom. The van der Waals surface area contributed by atoms with Gasteiger partial charge in [-0.15, -0.1) is 0 Å². The number of pyridine rings is 1. The number of rotatable bonds is 6. The molecular formula is C20H22F5N7. The fourth-order valence-electron chi connectivity index (χ4n) is 4.12. The molecule has 0 unspecified atom stereocenters. The summed E-state index contributed by atoms with van der Waals surface area (Å²) in [5, 5.41) is 9.96. The maximum atomic E-state index is 13.2. The molecule has 32 heavy (non-hydrogen) atoms. The quantitative estimate of drug-likeness (QED) is 0.511. The number of anilines is 3. The van der Waals surface area contributed by atoms with Crippen LogP contribution in [0.3, 0.4) is 0 Å². The SMILES string of the molecule is CC(F)(F)CNc1nc(N2CCC3(CN(c4ccnc(C(F)(F)F)c4)C3)C2)cnc1C=N. The minimum atomic E-state index is -4.49. The van der Waals surface area contributed by atoms with Crippen LogP contribution in [0, 0.1) is 10.8 Å². The monoisotopic (exact) mass is 455 g/mol. The summed E-state index contributed by atoms with van der Waals surface area (Å²) < 4.78 is 65.2. The predicted octanol–water partition coefficient (Wildman–Crippen LogP) is 3.67. The van der Waals surface area contributed by atoms with Gasteiger partial charge >= 0.3 is 6.18 Å². The molecule has 4 rings (SSSR count). The molecule has 4 heterocycles. The molecule has 12 heteroatoms. The topological polar surface area (TPSA) is 81.0 Å². The molecule has 0 saturated carbocycles. The zero-order chi connectivity index (χ0) is 23.1. The van der Waals surface area contributed by atoms with Crippen molar-refractivity contribution in [3.05, 3.63) is 35.9 Å². The molecule has 0 aromatic carbocycles. The van der Waals surface area contributed by atoms with Crippen LogP contribution in [-0.2, 0) is 6.18 Å². The highest BCUT2D eigenvalue weighted by atomic mass is 19.4. The first-order valence-electron chi connectivity index (χ1n) is 10.0. The van der Waals surface area contributed by atoms with Crippen molar-refractivity contribution in [1.82, 2.24) is 15.0 Å². The molecule has 2 aliphatic rings. The molecule has 2 saturated heterocycles. The second-order valence-electron chi connectivity index (χ2n) is 8.45. The third-order valence-electron chi connectivity index (χ3n) is 5.70. The summed E-state index contributed by atoms with van der Waals surface area (Å²) in [7, 11) is 0. The summed E-state index contributed by atoms with van der Waals surface area (Å²) in [5.41, 5.74) is -0.352. The van der Waals surface area contributed by atoms with E-state index in [1.807, 2.05) is 9.80 Å². The fourth-order valence-corrected chi connectivity index (χ4v) is 4.12. The third-order valence-corrected chi connectivity index (χ3v) is 5.70. The lowest BCUT2D eigenvalue weighted by Gasteiger charge is -2.49. The van der Waals surface area contributed by atoms with Crippen LogP contribution in [0.1, 0.15) is 24.7 Å². The van der Waals surface area contributed by atoms with Gasteiger partial charge in [-0.1, -0.05) is 0 Å². The number of alkyl halides is 5. The molecule has 2 aromatic heterocycles. The van der Waals surface area contributed by atoms with Crippen molar-refractivity contribution in [2.24, 2.45) is 5.41 Å². The zero-order valence-corrected chi connectivity index (χ0v) is 17.3. The van der Waals surface area contributed by atoms with E-state index in [1.165, 1.54) is 12.4 Å². The average Bonchev–Trinajstić information content (AvgIpc) is 3.16. The van der Waals surface area contributed by atoms with Gasteiger partial charge in [0.25, 0.3) is 5.92 Å². The van der Waals surface area contributed by atoms with Crippen molar-refractivity contribution in [2.75, 3.05) is 47.8 Å². The molecule has 0 radical (unpaired) electrons. The molecule has 0 atom stereocenters. The van der Waals surface area contributed by atoms with Crippen molar-refractivity contribution >= 4 is 23.5 Å². The Morgan fingerprint density at radius 2 is 1.88 bits per heavy atom. The van der Waals surface area contributed by atoms with Crippen molar-refractivity contribution in [1.29, 1.82) is 5.41 Å². The molecule has 0 aliphatic carbocycles. The van der Waals surface area contributed by atoms with Crippen LogP contribution in [0.25, 0.3) is 0 Å². The van der Waals surface area contributed by atoms with E-state index in [4.69, 9.17) is 5.41 Å². The van der Waals surface area contributed by atoms with Crippen molar-refractivity contribution in [3.8, 4) is 0 Å². The van der Waals surface area contributed by atoms with Gasteiger partial charge in [-0.25, -0.2) is 18.7 Å². The minimum Gasteiger partial charge on any atom is -0.370 e. The number of halogens is 5. The van der Waals surface area contributed by atoms with Gasteiger partial charge in [0, 0.05) is 56.6 Å². The number of hydrogen-bond acceptors (Lipinski definition) is 7. The summed E-state index contributed by atoms with van der Waals surface area (Å²) in [6.07, 6.45) is -0.0450. The van der Waals surface area contributed by atoms with Gasteiger partial charge in [0.15, 0.2) is 5.82 Å². The summed E-state index contributed by atoms with van der Waals surface area (Å²) in [6.45, 7) is 2.65. The number of hydrogen-bond donors (Lipinski definition) is 2. The van der Waals surface area contributed by atoms with E-state index < -0.39 is 24.3 Å². The first kappa shape index (κ1) is 22.2. The van der Waals surface area contributed by atoms with Crippen LogP contribution in [0.15, 0.2) is 24.5 Å². The molecule has 2 aromatic rings. The fraction of sp³-hybridized carbons (Fsp3) is 0.500. The van der Waals surface area contributed by atoms with Crippen LogP contribution in [-0.4, -0.2) is 59.8 Å².